The van der Waals surface area contributed by atoms with Crippen molar-refractivity contribution in [2.45, 2.75) is 32.7 Å². The molecule has 0 saturated heterocycles. The van der Waals surface area contributed by atoms with Crippen molar-refractivity contribution in [2.24, 2.45) is 0 Å². The van der Waals surface area contributed by atoms with Gasteiger partial charge in [-0.05, 0) is 18.4 Å². The molecule has 3 nitrogen and oxygen atoms in total. The highest BCUT2D eigenvalue weighted by molar-refractivity contribution is 5.39. The average molecular weight is 253 g/mol. The van der Waals surface area contributed by atoms with Crippen LogP contribution in [0.1, 0.15) is 24.0 Å². The smallest absolute Gasteiger partial charge is 0.127 e. The lowest BCUT2D eigenvalue weighted by Crippen LogP contribution is -2.06. The van der Waals surface area contributed by atoms with Crippen LogP contribution in [0.25, 0.3) is 0 Å². The van der Waals surface area contributed by atoms with Crippen molar-refractivity contribution in [3.05, 3.63) is 47.4 Å². The van der Waals surface area contributed by atoms with E-state index in [4.69, 9.17) is 12.2 Å². The third-order valence-corrected chi connectivity index (χ3v) is 3.22. The second kappa shape index (κ2) is 6.10. The molecule has 0 saturated carbocycles. The molecule has 19 heavy (non-hydrogen) atoms. The first-order valence-electron chi connectivity index (χ1n) is 6.57. The molecular weight excluding hydrogens is 234 g/mol. The predicted molar refractivity (Wildman–Crippen MR) is 78.7 cm³/mol. The van der Waals surface area contributed by atoms with E-state index in [0.717, 1.165) is 30.8 Å². The van der Waals surface area contributed by atoms with Gasteiger partial charge in [0, 0.05) is 6.42 Å². The van der Waals surface area contributed by atoms with E-state index in [-0.39, 0.29) is 0 Å². The fourth-order valence-electron chi connectivity index (χ4n) is 2.20. The number of hydrogen-bond donors (Lipinski definition) is 1. The zero-order valence-electron chi connectivity index (χ0n) is 11.3. The lowest BCUT2D eigenvalue weighted by atomic mass is 10.1. The summed E-state index contributed by atoms with van der Waals surface area (Å²) in [6, 6.07) is 10.4. The zero-order chi connectivity index (χ0) is 13.7. The van der Waals surface area contributed by atoms with E-state index >= 15 is 0 Å². The third-order valence-electron chi connectivity index (χ3n) is 3.22. The Morgan fingerprint density at radius 2 is 2.00 bits per heavy atom. The Labute approximate surface area is 114 Å². The summed E-state index contributed by atoms with van der Waals surface area (Å²) in [4.78, 5) is 4.60. The van der Waals surface area contributed by atoms with Gasteiger partial charge in [0.15, 0.2) is 0 Å². The van der Waals surface area contributed by atoms with Crippen molar-refractivity contribution in [1.29, 1.82) is 0 Å². The number of terminal acetylenes is 1. The summed E-state index contributed by atoms with van der Waals surface area (Å²) in [5.74, 6) is 4.31. The quantitative estimate of drug-likeness (QED) is 0.832. The molecular formula is C16H19N3. The van der Waals surface area contributed by atoms with Crippen molar-refractivity contribution in [3.8, 4) is 12.3 Å². The molecule has 0 atom stereocenters. The minimum Gasteiger partial charge on any atom is -0.384 e. The molecule has 1 aromatic carbocycles. The fraction of sp³-hybridized carbons (Fsp3) is 0.312. The van der Waals surface area contributed by atoms with E-state index in [1.165, 1.54) is 5.56 Å². The minimum absolute atomic E-state index is 0.493. The van der Waals surface area contributed by atoms with E-state index in [2.05, 4.69) is 30.0 Å². The first-order valence-corrected chi connectivity index (χ1v) is 6.57. The summed E-state index contributed by atoms with van der Waals surface area (Å²) in [6.45, 7) is 2.56. The number of hydrogen-bond acceptors (Lipinski definition) is 2. The number of nitrogen functional groups attached to an aromatic ring is 1. The Morgan fingerprint density at radius 3 is 2.63 bits per heavy atom. The lowest BCUT2D eigenvalue weighted by Gasteiger charge is -2.04. The van der Waals surface area contributed by atoms with Gasteiger partial charge in [-0.1, -0.05) is 43.2 Å². The van der Waals surface area contributed by atoms with E-state index in [1.807, 2.05) is 22.8 Å². The van der Waals surface area contributed by atoms with Crippen LogP contribution in [-0.2, 0) is 25.8 Å². The van der Waals surface area contributed by atoms with Crippen molar-refractivity contribution in [2.75, 3.05) is 5.73 Å². The van der Waals surface area contributed by atoms with E-state index in [0.29, 0.717) is 12.4 Å². The highest BCUT2D eigenvalue weighted by Crippen LogP contribution is 2.17. The molecule has 98 valence electrons. The van der Waals surface area contributed by atoms with Crippen LogP contribution < -0.4 is 5.73 Å². The molecule has 2 rings (SSSR count). The number of anilines is 1. The second-order valence-electron chi connectivity index (χ2n) is 4.49. The molecule has 0 spiro atoms. The van der Waals surface area contributed by atoms with Gasteiger partial charge >= 0.3 is 0 Å². The van der Waals surface area contributed by atoms with Crippen LogP contribution in [-0.4, -0.2) is 9.55 Å². The van der Waals surface area contributed by atoms with E-state index in [9.17, 15) is 0 Å². The molecule has 1 aromatic heterocycles. The maximum Gasteiger partial charge on any atom is 0.127 e. The van der Waals surface area contributed by atoms with Gasteiger partial charge in [-0.2, -0.15) is 0 Å². The van der Waals surface area contributed by atoms with Gasteiger partial charge in [0.1, 0.15) is 11.6 Å². The van der Waals surface area contributed by atoms with Crippen molar-refractivity contribution < 1.29 is 0 Å². The van der Waals surface area contributed by atoms with Crippen molar-refractivity contribution in [1.82, 2.24) is 9.55 Å². The molecule has 0 aliphatic carbocycles. The van der Waals surface area contributed by atoms with Crippen molar-refractivity contribution >= 4 is 5.82 Å². The molecule has 2 aromatic rings. The largest absolute Gasteiger partial charge is 0.384 e. The Hall–Kier alpha value is -2.21. The Kier molecular flexibility index (Phi) is 4.25. The van der Waals surface area contributed by atoms with Crippen LogP contribution in [0.3, 0.4) is 0 Å². The second-order valence-corrected chi connectivity index (χ2v) is 4.49. The highest BCUT2D eigenvalue weighted by atomic mass is 15.1. The molecule has 2 N–H and O–H groups in total. The predicted octanol–water partition coefficient (Wildman–Crippen LogP) is 2.45. The maximum atomic E-state index is 6.13. The zero-order valence-corrected chi connectivity index (χ0v) is 11.3. The summed E-state index contributed by atoms with van der Waals surface area (Å²) in [5, 5.41) is 0. The summed E-state index contributed by atoms with van der Waals surface area (Å²) in [5.41, 5.74) is 8.39. The Morgan fingerprint density at radius 1 is 1.26 bits per heavy atom. The van der Waals surface area contributed by atoms with Crippen LogP contribution in [0.5, 0.6) is 0 Å². The van der Waals surface area contributed by atoms with E-state index in [1.54, 1.807) is 0 Å². The number of aryl methyl sites for hydroxylation is 3. The molecule has 0 radical (unpaired) electrons. The molecule has 0 bridgehead atoms. The Balaban J connectivity index is 2.15. The molecule has 0 aliphatic heterocycles. The summed E-state index contributed by atoms with van der Waals surface area (Å²) in [6.07, 6.45) is 8.01. The van der Waals surface area contributed by atoms with Gasteiger partial charge < -0.3 is 10.3 Å². The Bertz CT molecular complexity index is 576. The fourth-order valence-corrected chi connectivity index (χ4v) is 2.20. The van der Waals surface area contributed by atoms with Crippen LogP contribution in [0, 0.1) is 12.3 Å². The molecule has 0 amide bonds. The topological polar surface area (TPSA) is 43.8 Å². The number of benzene rings is 1. The third kappa shape index (κ3) is 2.97. The average Bonchev–Trinajstić information content (AvgIpc) is 2.75. The van der Waals surface area contributed by atoms with Gasteiger partial charge in [-0.15, -0.1) is 6.42 Å². The normalized spacial score (nSPS) is 10.3. The van der Waals surface area contributed by atoms with Crippen LogP contribution in [0.2, 0.25) is 0 Å². The van der Waals surface area contributed by atoms with Crippen LogP contribution in [0.15, 0.2) is 30.3 Å². The SMILES string of the molecule is C#CCn1c(CC)nc(CCc2ccccc2)c1N. The molecule has 1 heterocycles. The van der Waals surface area contributed by atoms with Gasteiger partial charge in [-0.3, -0.25) is 0 Å². The summed E-state index contributed by atoms with van der Waals surface area (Å²) < 4.78 is 1.93. The van der Waals surface area contributed by atoms with Gasteiger partial charge in [0.25, 0.3) is 0 Å². The first kappa shape index (κ1) is 13.2. The lowest BCUT2D eigenvalue weighted by molar-refractivity contribution is 0.769. The molecule has 0 aliphatic rings. The number of aromatic nitrogens is 2. The molecule has 0 fully saturated rings. The highest BCUT2D eigenvalue weighted by Gasteiger charge is 2.12. The molecule has 3 heteroatoms. The summed E-state index contributed by atoms with van der Waals surface area (Å²) >= 11 is 0. The number of imidazole rings is 1. The number of rotatable bonds is 5. The summed E-state index contributed by atoms with van der Waals surface area (Å²) in [7, 11) is 0. The van der Waals surface area contributed by atoms with Crippen LogP contribution >= 0.6 is 0 Å². The standard InChI is InChI=1S/C16H19N3/c1-3-12-19-15(4-2)18-14(16(19)17)11-10-13-8-6-5-7-9-13/h1,5-9H,4,10-12,17H2,2H3. The maximum absolute atomic E-state index is 6.13. The molecule has 0 unspecified atom stereocenters. The van der Waals surface area contributed by atoms with Gasteiger partial charge in [0.05, 0.1) is 12.2 Å². The monoisotopic (exact) mass is 253 g/mol. The first-order chi connectivity index (χ1) is 9.26. The van der Waals surface area contributed by atoms with Crippen LogP contribution in [0.4, 0.5) is 5.82 Å². The van der Waals surface area contributed by atoms with Gasteiger partial charge in [0.2, 0.25) is 0 Å². The van der Waals surface area contributed by atoms with Gasteiger partial charge in [-0.25, -0.2) is 4.98 Å². The number of nitrogens with two attached hydrogens (primary N) is 1. The number of nitrogens with zero attached hydrogens (tertiary/aromatic N) is 2. The van der Waals surface area contributed by atoms with E-state index < -0.39 is 0 Å². The van der Waals surface area contributed by atoms with Crippen molar-refractivity contribution in [3.63, 3.8) is 0 Å². The minimum atomic E-state index is 0.493.